The van der Waals surface area contributed by atoms with Crippen molar-refractivity contribution in [2.75, 3.05) is 6.54 Å². The third-order valence-corrected chi connectivity index (χ3v) is 4.49. The van der Waals surface area contributed by atoms with Crippen LogP contribution in [-0.2, 0) is 4.79 Å². The average Bonchev–Trinajstić information content (AvgIpc) is 3.08. The summed E-state index contributed by atoms with van der Waals surface area (Å²) in [4.78, 5) is 14.3. The lowest BCUT2D eigenvalue weighted by Gasteiger charge is -2.27. The lowest BCUT2D eigenvalue weighted by atomic mass is 10.0. The summed E-state index contributed by atoms with van der Waals surface area (Å²) in [7, 11) is 0. The highest BCUT2D eigenvalue weighted by Crippen LogP contribution is 2.36. The first-order valence-corrected chi connectivity index (χ1v) is 8.28. The number of hydrogen-bond acceptors (Lipinski definition) is 2. The second-order valence-electron chi connectivity index (χ2n) is 6.15. The summed E-state index contributed by atoms with van der Waals surface area (Å²) >= 11 is 0. The largest absolute Gasteiger partial charge is 0.326 e. The van der Waals surface area contributed by atoms with E-state index in [1.54, 1.807) is 4.90 Å². The topological polar surface area (TPSA) is 46.3 Å². The summed E-state index contributed by atoms with van der Waals surface area (Å²) in [5.74, 6) is -1.21. The van der Waals surface area contributed by atoms with Crippen molar-refractivity contribution in [2.24, 2.45) is 5.73 Å². The van der Waals surface area contributed by atoms with E-state index in [1.165, 1.54) is 0 Å². The van der Waals surface area contributed by atoms with Gasteiger partial charge in [-0.05, 0) is 35.8 Å². The Bertz CT molecular complexity index is 805. The second kappa shape index (κ2) is 7.15. The minimum Gasteiger partial charge on any atom is -0.326 e. The summed E-state index contributed by atoms with van der Waals surface area (Å²) in [5.41, 5.74) is 7.60. The molecule has 1 heterocycles. The maximum atomic E-state index is 14.2. The highest BCUT2D eigenvalue weighted by atomic mass is 19.1. The molecule has 0 aliphatic carbocycles. The Morgan fingerprint density at radius 2 is 1.96 bits per heavy atom. The molecular formula is C20H20F2N2O. The van der Waals surface area contributed by atoms with Crippen LogP contribution >= 0.6 is 0 Å². The Morgan fingerprint density at radius 3 is 2.64 bits per heavy atom. The van der Waals surface area contributed by atoms with Crippen molar-refractivity contribution >= 4 is 11.5 Å². The standard InChI is InChI=1S/C20H20F2N2O/c1-2-18(23)20(25)24-12-14(16-11-15(21)8-9-17(16)22)10-19(24)13-6-4-3-5-7-13/h3-11,18-19H,2,12,23H2,1H3/t18-,19-/m0/s1. The maximum Gasteiger partial charge on any atom is 0.240 e. The Balaban J connectivity index is 2.01. The molecule has 0 aromatic heterocycles. The zero-order chi connectivity index (χ0) is 18.0. The molecule has 0 saturated carbocycles. The monoisotopic (exact) mass is 342 g/mol. The van der Waals surface area contributed by atoms with E-state index < -0.39 is 17.7 Å². The van der Waals surface area contributed by atoms with E-state index in [2.05, 4.69) is 0 Å². The molecule has 0 fully saturated rings. The fraction of sp³-hybridized carbons (Fsp3) is 0.250. The van der Waals surface area contributed by atoms with E-state index in [0.29, 0.717) is 12.0 Å². The van der Waals surface area contributed by atoms with Crippen molar-refractivity contribution in [2.45, 2.75) is 25.4 Å². The Morgan fingerprint density at radius 1 is 1.24 bits per heavy atom. The molecule has 2 aromatic rings. The van der Waals surface area contributed by atoms with Crippen molar-refractivity contribution in [3.05, 3.63) is 77.4 Å². The summed E-state index contributed by atoms with van der Waals surface area (Å²) in [6.45, 7) is 2.04. The number of carbonyl (C=O) groups excluding carboxylic acids is 1. The fourth-order valence-electron chi connectivity index (χ4n) is 3.06. The molecule has 3 rings (SSSR count). The van der Waals surface area contributed by atoms with Gasteiger partial charge in [0.05, 0.1) is 12.1 Å². The molecule has 130 valence electrons. The van der Waals surface area contributed by atoms with Gasteiger partial charge >= 0.3 is 0 Å². The summed E-state index contributed by atoms with van der Waals surface area (Å²) in [5, 5.41) is 0. The van der Waals surface area contributed by atoms with Gasteiger partial charge in [0.25, 0.3) is 0 Å². The minimum absolute atomic E-state index is 0.182. The zero-order valence-corrected chi connectivity index (χ0v) is 14.0. The Labute approximate surface area is 145 Å². The van der Waals surface area contributed by atoms with Crippen LogP contribution in [0.5, 0.6) is 0 Å². The molecular weight excluding hydrogens is 322 g/mol. The van der Waals surface area contributed by atoms with Gasteiger partial charge in [0, 0.05) is 12.1 Å². The van der Waals surface area contributed by atoms with Crippen LogP contribution in [0.4, 0.5) is 8.78 Å². The lowest BCUT2D eigenvalue weighted by molar-refractivity contribution is -0.133. The molecule has 2 atom stereocenters. The van der Waals surface area contributed by atoms with Crippen LogP contribution in [0.1, 0.15) is 30.5 Å². The molecule has 0 spiro atoms. The number of halogens is 2. The number of benzene rings is 2. The van der Waals surface area contributed by atoms with E-state index in [4.69, 9.17) is 5.73 Å². The number of nitrogens with two attached hydrogens (primary N) is 1. The van der Waals surface area contributed by atoms with Crippen LogP contribution in [0.15, 0.2) is 54.6 Å². The number of nitrogens with zero attached hydrogens (tertiary/aromatic N) is 1. The maximum absolute atomic E-state index is 14.2. The zero-order valence-electron chi connectivity index (χ0n) is 14.0. The molecule has 2 N–H and O–H groups in total. The molecule has 1 aliphatic rings. The van der Waals surface area contributed by atoms with Crippen LogP contribution < -0.4 is 5.73 Å². The predicted octanol–water partition coefficient (Wildman–Crippen LogP) is 3.67. The Hall–Kier alpha value is -2.53. The molecule has 0 radical (unpaired) electrons. The molecule has 25 heavy (non-hydrogen) atoms. The molecule has 2 aromatic carbocycles. The molecule has 3 nitrogen and oxygen atoms in total. The second-order valence-corrected chi connectivity index (χ2v) is 6.15. The van der Waals surface area contributed by atoms with Gasteiger partial charge in [-0.2, -0.15) is 0 Å². The van der Waals surface area contributed by atoms with Crippen LogP contribution in [0.2, 0.25) is 0 Å². The number of amides is 1. The normalized spacial score (nSPS) is 18.2. The molecule has 0 saturated heterocycles. The number of rotatable bonds is 4. The van der Waals surface area contributed by atoms with E-state index in [0.717, 1.165) is 23.8 Å². The van der Waals surface area contributed by atoms with E-state index in [1.807, 2.05) is 43.3 Å². The van der Waals surface area contributed by atoms with Crippen molar-refractivity contribution in [1.29, 1.82) is 0 Å². The van der Waals surface area contributed by atoms with Gasteiger partial charge in [-0.3, -0.25) is 4.79 Å². The fourth-order valence-corrected chi connectivity index (χ4v) is 3.06. The lowest BCUT2D eigenvalue weighted by Crippen LogP contribution is -2.43. The summed E-state index contributed by atoms with van der Waals surface area (Å²) in [6, 6.07) is 11.9. The molecule has 0 bridgehead atoms. The van der Waals surface area contributed by atoms with Crippen LogP contribution in [-0.4, -0.2) is 23.4 Å². The highest BCUT2D eigenvalue weighted by molar-refractivity contribution is 5.86. The summed E-state index contributed by atoms with van der Waals surface area (Å²) < 4.78 is 27.7. The molecule has 0 unspecified atom stereocenters. The molecule has 1 aliphatic heterocycles. The first-order valence-electron chi connectivity index (χ1n) is 8.28. The third-order valence-electron chi connectivity index (χ3n) is 4.49. The van der Waals surface area contributed by atoms with Crippen LogP contribution in [0, 0.1) is 11.6 Å². The van der Waals surface area contributed by atoms with Gasteiger partial charge in [-0.15, -0.1) is 0 Å². The molecule has 5 heteroatoms. The van der Waals surface area contributed by atoms with Gasteiger partial charge in [0.1, 0.15) is 11.6 Å². The van der Waals surface area contributed by atoms with Crippen molar-refractivity contribution < 1.29 is 13.6 Å². The average molecular weight is 342 g/mol. The van der Waals surface area contributed by atoms with Crippen molar-refractivity contribution in [3.8, 4) is 0 Å². The first kappa shape index (κ1) is 17.3. The summed E-state index contributed by atoms with van der Waals surface area (Å²) in [6.07, 6.45) is 2.33. The van der Waals surface area contributed by atoms with Gasteiger partial charge < -0.3 is 10.6 Å². The highest BCUT2D eigenvalue weighted by Gasteiger charge is 2.33. The Kier molecular flexibility index (Phi) is 4.95. The molecule has 1 amide bonds. The van der Waals surface area contributed by atoms with E-state index in [-0.39, 0.29) is 24.1 Å². The minimum atomic E-state index is -0.615. The smallest absolute Gasteiger partial charge is 0.240 e. The van der Waals surface area contributed by atoms with Gasteiger partial charge in [0.2, 0.25) is 5.91 Å². The van der Waals surface area contributed by atoms with Gasteiger partial charge in [0.15, 0.2) is 0 Å². The van der Waals surface area contributed by atoms with Gasteiger partial charge in [-0.1, -0.05) is 43.3 Å². The third kappa shape index (κ3) is 3.46. The van der Waals surface area contributed by atoms with E-state index in [9.17, 15) is 13.6 Å². The first-order chi connectivity index (χ1) is 12.0. The SMILES string of the molecule is CC[C@H](N)C(=O)N1CC(c2cc(F)ccc2F)=C[C@H]1c1ccccc1. The van der Waals surface area contributed by atoms with Crippen LogP contribution in [0.3, 0.4) is 0 Å². The number of carbonyl (C=O) groups is 1. The number of hydrogen-bond donors (Lipinski definition) is 1. The predicted molar refractivity (Wildman–Crippen MR) is 93.5 cm³/mol. The van der Waals surface area contributed by atoms with Crippen LogP contribution in [0.25, 0.3) is 5.57 Å². The van der Waals surface area contributed by atoms with E-state index >= 15 is 0 Å². The van der Waals surface area contributed by atoms with Crippen molar-refractivity contribution in [3.63, 3.8) is 0 Å². The van der Waals surface area contributed by atoms with Gasteiger partial charge in [-0.25, -0.2) is 8.78 Å². The quantitative estimate of drug-likeness (QED) is 0.921. The van der Waals surface area contributed by atoms with Crippen molar-refractivity contribution in [1.82, 2.24) is 4.90 Å².